The second kappa shape index (κ2) is 9.85. The van der Waals surface area contributed by atoms with Crippen molar-refractivity contribution in [1.29, 1.82) is 0 Å². The number of ether oxygens (including phenoxy) is 2. The Morgan fingerprint density at radius 1 is 0.971 bits per heavy atom. The van der Waals surface area contributed by atoms with E-state index in [1.807, 2.05) is 55.5 Å². The fourth-order valence-electron chi connectivity index (χ4n) is 3.92. The number of nitrogens with one attached hydrogen (secondary N) is 1. The molecule has 0 aliphatic rings. The van der Waals surface area contributed by atoms with Crippen LogP contribution in [0.5, 0.6) is 11.5 Å². The summed E-state index contributed by atoms with van der Waals surface area (Å²) in [6.07, 6.45) is 1.73. The fourth-order valence-corrected chi connectivity index (χ4v) is 4.57. The summed E-state index contributed by atoms with van der Waals surface area (Å²) in [6, 6.07) is 17.6. The Morgan fingerprint density at radius 2 is 1.86 bits per heavy atom. The zero-order valence-corrected chi connectivity index (χ0v) is 20.9. The summed E-state index contributed by atoms with van der Waals surface area (Å²) in [7, 11) is 3.28. The van der Waals surface area contributed by atoms with Crippen molar-refractivity contribution in [3.8, 4) is 34.0 Å². The third-order valence-corrected chi connectivity index (χ3v) is 6.52. The minimum absolute atomic E-state index is 0.559. The van der Waals surface area contributed by atoms with Gasteiger partial charge in [-0.3, -0.25) is 0 Å². The zero-order valence-electron chi connectivity index (χ0n) is 19.4. The highest BCUT2D eigenvalue weighted by atomic mass is 35.5. The third kappa shape index (κ3) is 4.76. The van der Waals surface area contributed by atoms with Crippen LogP contribution in [0.2, 0.25) is 5.02 Å². The van der Waals surface area contributed by atoms with E-state index in [9.17, 15) is 0 Å². The number of benzene rings is 3. The van der Waals surface area contributed by atoms with Gasteiger partial charge in [0.25, 0.3) is 0 Å². The molecule has 5 rings (SSSR count). The van der Waals surface area contributed by atoms with E-state index in [0.29, 0.717) is 17.4 Å². The number of fused-ring (bicyclic) bond motifs is 1. The summed E-state index contributed by atoms with van der Waals surface area (Å²) in [5.41, 5.74) is 5.48. The van der Waals surface area contributed by atoms with Crippen molar-refractivity contribution in [2.24, 2.45) is 0 Å². The lowest BCUT2D eigenvalue weighted by Crippen LogP contribution is -2.03. The molecule has 176 valence electrons. The maximum absolute atomic E-state index is 6.35. The highest BCUT2D eigenvalue weighted by molar-refractivity contribution is 7.05. The Bertz CT molecular complexity index is 1520. The van der Waals surface area contributed by atoms with Gasteiger partial charge in [0.1, 0.15) is 16.5 Å². The number of rotatable bonds is 7. The molecular formula is C26H22ClN5O2S. The molecule has 0 saturated carbocycles. The number of methoxy groups -OCH3 is 2. The van der Waals surface area contributed by atoms with E-state index in [2.05, 4.69) is 30.9 Å². The second-order valence-electron chi connectivity index (χ2n) is 7.85. The highest BCUT2D eigenvalue weighted by Crippen LogP contribution is 2.35. The Labute approximate surface area is 211 Å². The Hall–Kier alpha value is -3.75. The molecule has 2 aromatic heterocycles. The van der Waals surface area contributed by atoms with Gasteiger partial charge in [-0.25, -0.2) is 4.98 Å². The maximum atomic E-state index is 6.35. The van der Waals surface area contributed by atoms with Crippen molar-refractivity contribution in [3.63, 3.8) is 0 Å². The van der Waals surface area contributed by atoms with Crippen molar-refractivity contribution >= 4 is 39.7 Å². The Morgan fingerprint density at radius 3 is 2.63 bits per heavy atom. The van der Waals surface area contributed by atoms with Gasteiger partial charge in [-0.05, 0) is 72.0 Å². The minimum atomic E-state index is 0.559. The molecule has 0 aliphatic heterocycles. The van der Waals surface area contributed by atoms with Crippen LogP contribution in [-0.4, -0.2) is 33.8 Å². The van der Waals surface area contributed by atoms with Gasteiger partial charge in [0.05, 0.1) is 31.6 Å². The van der Waals surface area contributed by atoms with Gasteiger partial charge >= 0.3 is 0 Å². The smallest absolute Gasteiger partial charge is 0.173 e. The van der Waals surface area contributed by atoms with Crippen molar-refractivity contribution in [2.75, 3.05) is 19.5 Å². The van der Waals surface area contributed by atoms with Crippen molar-refractivity contribution in [1.82, 2.24) is 19.6 Å². The quantitative estimate of drug-likeness (QED) is 0.275. The van der Waals surface area contributed by atoms with E-state index in [1.165, 1.54) is 11.5 Å². The van der Waals surface area contributed by atoms with Gasteiger partial charge in [0.2, 0.25) is 0 Å². The molecule has 9 heteroatoms. The first-order valence-electron chi connectivity index (χ1n) is 10.9. The summed E-state index contributed by atoms with van der Waals surface area (Å²) in [4.78, 5) is 4.56. The predicted octanol–water partition coefficient (Wildman–Crippen LogP) is 6.41. The van der Waals surface area contributed by atoms with Crippen LogP contribution in [0.3, 0.4) is 0 Å². The lowest BCUT2D eigenvalue weighted by atomic mass is 9.98. The van der Waals surface area contributed by atoms with Crippen LogP contribution < -0.4 is 14.8 Å². The topological polar surface area (TPSA) is 82.0 Å². The van der Waals surface area contributed by atoms with Crippen LogP contribution in [0.15, 0.2) is 60.8 Å². The Balaban J connectivity index is 1.48. The van der Waals surface area contributed by atoms with E-state index >= 15 is 0 Å². The minimum Gasteiger partial charge on any atom is -0.497 e. The SMILES string of the molecule is COc1ccc(CNc2cnnc3cc(-c4cc(Cl)ccc4-c4nsc(C)n4)ccc23)c(OC)c1. The molecule has 1 N–H and O–H groups in total. The van der Waals surface area contributed by atoms with Crippen molar-refractivity contribution < 1.29 is 9.47 Å². The number of aryl methyl sites for hydroxylation is 1. The van der Waals surface area contributed by atoms with E-state index in [0.717, 1.165) is 55.4 Å². The number of anilines is 1. The molecule has 0 bridgehead atoms. The largest absolute Gasteiger partial charge is 0.497 e. The van der Waals surface area contributed by atoms with Gasteiger partial charge in [0.15, 0.2) is 5.82 Å². The van der Waals surface area contributed by atoms with Crippen molar-refractivity contribution in [2.45, 2.75) is 13.5 Å². The van der Waals surface area contributed by atoms with E-state index in [4.69, 9.17) is 21.1 Å². The number of aromatic nitrogens is 4. The number of hydrogen-bond acceptors (Lipinski definition) is 8. The average molecular weight is 504 g/mol. The molecule has 0 saturated heterocycles. The van der Waals surface area contributed by atoms with E-state index in [1.54, 1.807) is 20.4 Å². The zero-order chi connectivity index (χ0) is 24.4. The third-order valence-electron chi connectivity index (χ3n) is 5.66. The summed E-state index contributed by atoms with van der Waals surface area (Å²) in [5.74, 6) is 2.19. The van der Waals surface area contributed by atoms with Gasteiger partial charge in [-0.15, -0.1) is 0 Å². The summed E-state index contributed by atoms with van der Waals surface area (Å²) >= 11 is 7.73. The molecule has 3 aromatic carbocycles. The Kier molecular flexibility index (Phi) is 6.48. The molecule has 0 spiro atoms. The van der Waals surface area contributed by atoms with Crippen LogP contribution >= 0.6 is 23.1 Å². The predicted molar refractivity (Wildman–Crippen MR) is 140 cm³/mol. The summed E-state index contributed by atoms with van der Waals surface area (Å²) in [6.45, 7) is 2.50. The maximum Gasteiger partial charge on any atom is 0.173 e. The van der Waals surface area contributed by atoms with Crippen LogP contribution in [-0.2, 0) is 6.54 Å². The number of hydrogen-bond donors (Lipinski definition) is 1. The molecule has 0 amide bonds. The lowest BCUT2D eigenvalue weighted by molar-refractivity contribution is 0.391. The van der Waals surface area contributed by atoms with E-state index in [-0.39, 0.29) is 0 Å². The first kappa shape index (κ1) is 23.0. The van der Waals surface area contributed by atoms with Gasteiger partial charge in [-0.2, -0.15) is 14.6 Å². The van der Waals surface area contributed by atoms with Gasteiger partial charge < -0.3 is 14.8 Å². The number of nitrogens with zero attached hydrogens (tertiary/aromatic N) is 4. The molecule has 5 aromatic rings. The van der Waals surface area contributed by atoms with Gasteiger partial charge in [0, 0.05) is 34.1 Å². The monoisotopic (exact) mass is 503 g/mol. The van der Waals surface area contributed by atoms with E-state index < -0.39 is 0 Å². The standard InChI is InChI=1S/C26H22ClN5O2S/c1-15-30-26(32-35-15)20-9-6-18(27)11-22(20)16-5-8-21-23(10-16)31-29-14-24(21)28-13-17-4-7-19(33-2)12-25(17)34-3/h4-12,14H,13H2,1-3H3,(H,28,31). The average Bonchev–Trinajstić information content (AvgIpc) is 3.32. The second-order valence-corrected chi connectivity index (χ2v) is 9.24. The molecule has 35 heavy (non-hydrogen) atoms. The molecule has 7 nitrogen and oxygen atoms in total. The van der Waals surface area contributed by atoms with Crippen LogP contribution in [0.25, 0.3) is 33.4 Å². The van der Waals surface area contributed by atoms with Crippen LogP contribution in [0, 0.1) is 6.92 Å². The highest BCUT2D eigenvalue weighted by Gasteiger charge is 2.14. The molecule has 0 aliphatic carbocycles. The number of halogens is 1. The van der Waals surface area contributed by atoms with Crippen LogP contribution in [0.4, 0.5) is 5.69 Å². The summed E-state index contributed by atoms with van der Waals surface area (Å²) in [5, 5.41) is 14.6. The first-order valence-corrected chi connectivity index (χ1v) is 12.0. The van der Waals surface area contributed by atoms with Crippen LogP contribution in [0.1, 0.15) is 10.6 Å². The molecule has 0 fully saturated rings. The van der Waals surface area contributed by atoms with Gasteiger partial charge in [-0.1, -0.05) is 17.7 Å². The lowest BCUT2D eigenvalue weighted by Gasteiger charge is -2.14. The fraction of sp³-hybridized carbons (Fsp3) is 0.154. The molecular weight excluding hydrogens is 482 g/mol. The first-order chi connectivity index (χ1) is 17.1. The molecule has 0 unspecified atom stereocenters. The normalized spacial score (nSPS) is 11.0. The summed E-state index contributed by atoms with van der Waals surface area (Å²) < 4.78 is 15.3. The molecule has 0 atom stereocenters. The van der Waals surface area contributed by atoms with Crippen molar-refractivity contribution in [3.05, 3.63) is 76.4 Å². The molecule has 0 radical (unpaired) electrons. The molecule has 2 heterocycles.